The molecule has 0 aliphatic heterocycles. The lowest BCUT2D eigenvalue weighted by Gasteiger charge is -2.17. The van der Waals surface area contributed by atoms with Crippen LogP contribution in [-0.4, -0.2) is 36.0 Å². The van der Waals surface area contributed by atoms with Gasteiger partial charge < -0.3 is 18.9 Å². The average Bonchev–Trinajstić information content (AvgIpc) is 2.90. The van der Waals surface area contributed by atoms with E-state index in [2.05, 4.69) is 15.0 Å². The number of nitrogens with zero attached hydrogens (tertiary/aromatic N) is 3. The summed E-state index contributed by atoms with van der Waals surface area (Å²) in [6.45, 7) is 0.135. The van der Waals surface area contributed by atoms with Crippen LogP contribution in [-0.2, 0) is 17.5 Å². The van der Waals surface area contributed by atoms with Crippen molar-refractivity contribution >= 4 is 0 Å². The maximum atomic E-state index is 13.9. The van der Waals surface area contributed by atoms with Gasteiger partial charge in [-0.05, 0) is 42.0 Å². The molecule has 0 unspecified atom stereocenters. The van der Waals surface area contributed by atoms with Gasteiger partial charge in [-0.3, -0.25) is 0 Å². The van der Waals surface area contributed by atoms with E-state index in [4.69, 9.17) is 18.9 Å². The van der Waals surface area contributed by atoms with Crippen LogP contribution >= 0.6 is 0 Å². The summed E-state index contributed by atoms with van der Waals surface area (Å²) < 4.78 is 62.9. The van der Waals surface area contributed by atoms with Crippen LogP contribution in [0.1, 0.15) is 11.1 Å². The van der Waals surface area contributed by atoms with Gasteiger partial charge in [0.05, 0.1) is 18.2 Å². The summed E-state index contributed by atoms with van der Waals surface area (Å²) in [7, 11) is 2.69. The maximum Gasteiger partial charge on any atom is 0.417 e. The predicted octanol–water partition coefficient (Wildman–Crippen LogP) is 5.79. The number of hydrogen-bond donors (Lipinski definition) is 0. The van der Waals surface area contributed by atoms with E-state index in [0.29, 0.717) is 17.9 Å². The van der Waals surface area contributed by atoms with Crippen LogP contribution < -0.4 is 14.2 Å². The van der Waals surface area contributed by atoms with Gasteiger partial charge in [0, 0.05) is 12.7 Å². The molecule has 10 heteroatoms. The third kappa shape index (κ3) is 5.89. The predicted molar refractivity (Wildman–Crippen MR) is 126 cm³/mol. The Morgan fingerprint density at radius 1 is 0.750 bits per heavy atom. The Hall–Kier alpha value is -4.18. The summed E-state index contributed by atoms with van der Waals surface area (Å²) in [6.07, 6.45) is -4.68. The second-order valence-electron chi connectivity index (χ2n) is 7.50. The minimum atomic E-state index is -4.68. The van der Waals surface area contributed by atoms with E-state index in [1.165, 1.54) is 26.4 Å². The van der Waals surface area contributed by atoms with Gasteiger partial charge in [-0.2, -0.15) is 23.1 Å². The van der Waals surface area contributed by atoms with Gasteiger partial charge in [0.15, 0.2) is 18.4 Å². The van der Waals surface area contributed by atoms with Crippen molar-refractivity contribution in [2.75, 3.05) is 21.0 Å². The molecule has 0 spiro atoms. The highest BCUT2D eigenvalue weighted by atomic mass is 19.4. The third-order valence-corrected chi connectivity index (χ3v) is 5.05. The van der Waals surface area contributed by atoms with Crippen molar-refractivity contribution in [1.29, 1.82) is 0 Å². The van der Waals surface area contributed by atoms with Gasteiger partial charge in [0.2, 0.25) is 0 Å². The third-order valence-electron chi connectivity index (χ3n) is 5.05. The Bertz CT molecular complexity index is 1300. The first-order chi connectivity index (χ1) is 17.4. The molecule has 0 atom stereocenters. The molecule has 36 heavy (non-hydrogen) atoms. The fourth-order valence-electron chi connectivity index (χ4n) is 3.37. The maximum absolute atomic E-state index is 13.9. The van der Waals surface area contributed by atoms with Crippen molar-refractivity contribution in [3.63, 3.8) is 0 Å². The Morgan fingerprint density at radius 2 is 1.47 bits per heavy atom. The molecule has 7 nitrogen and oxygen atoms in total. The monoisotopic (exact) mass is 497 g/mol. The molecule has 1 heterocycles. The van der Waals surface area contributed by atoms with Crippen molar-refractivity contribution in [2.45, 2.75) is 12.8 Å². The molecule has 0 saturated heterocycles. The lowest BCUT2D eigenvalue weighted by molar-refractivity contribution is -0.137. The van der Waals surface area contributed by atoms with Crippen molar-refractivity contribution < 1.29 is 32.1 Å². The highest BCUT2D eigenvalue weighted by Crippen LogP contribution is 2.41. The molecule has 3 aromatic carbocycles. The summed E-state index contributed by atoms with van der Waals surface area (Å²) in [5.41, 5.74) is 0.253. The Kier molecular flexibility index (Phi) is 7.65. The molecular weight excluding hydrogens is 475 g/mol. The number of hydrogen-bond acceptors (Lipinski definition) is 7. The first-order valence-electron chi connectivity index (χ1n) is 10.8. The molecule has 0 radical (unpaired) electrons. The normalized spacial score (nSPS) is 11.2. The second kappa shape index (κ2) is 11.0. The topological polar surface area (TPSA) is 75.6 Å². The fourth-order valence-corrected chi connectivity index (χ4v) is 3.37. The van der Waals surface area contributed by atoms with Crippen LogP contribution in [0.15, 0.2) is 72.8 Å². The Labute approximate surface area is 205 Å². The minimum Gasteiger partial charge on any atom is -0.489 e. The number of methoxy groups -OCH3 is 2. The standard InChI is InChI=1S/C26H22F3N3O4/c1-33-16-36-21-10-6-9-20(26(27,28)29)22(21)24-30-23(31-25(32-24)34-2)18-11-13-19(14-12-18)35-15-17-7-4-3-5-8-17/h3-14H,15-16H2,1-2H3. The summed E-state index contributed by atoms with van der Waals surface area (Å²) in [6, 6.07) is 20.0. The first-order valence-corrected chi connectivity index (χ1v) is 10.8. The number of rotatable bonds is 9. The summed E-state index contributed by atoms with van der Waals surface area (Å²) >= 11 is 0. The SMILES string of the molecule is COCOc1cccc(C(F)(F)F)c1-c1nc(OC)nc(-c2ccc(OCc3ccccc3)cc2)n1. The summed E-state index contributed by atoms with van der Waals surface area (Å²) in [5.74, 6) is 0.401. The molecule has 0 aliphatic carbocycles. The van der Waals surface area contributed by atoms with Crippen LogP contribution in [0.3, 0.4) is 0 Å². The highest BCUT2D eigenvalue weighted by molar-refractivity contribution is 5.71. The molecule has 0 N–H and O–H groups in total. The highest BCUT2D eigenvalue weighted by Gasteiger charge is 2.36. The van der Waals surface area contributed by atoms with Crippen LogP contribution in [0.4, 0.5) is 13.2 Å². The fraction of sp³-hybridized carbons (Fsp3) is 0.192. The van der Waals surface area contributed by atoms with Crippen molar-refractivity contribution in [1.82, 2.24) is 15.0 Å². The van der Waals surface area contributed by atoms with Crippen LogP contribution in [0.5, 0.6) is 17.5 Å². The van der Waals surface area contributed by atoms with Crippen LogP contribution in [0.2, 0.25) is 0 Å². The molecule has 4 aromatic rings. The number of alkyl halides is 3. The number of benzene rings is 3. The summed E-state index contributed by atoms with van der Waals surface area (Å²) in [5, 5.41) is 0. The minimum absolute atomic E-state index is 0.0875. The van der Waals surface area contributed by atoms with E-state index in [0.717, 1.165) is 11.6 Å². The summed E-state index contributed by atoms with van der Waals surface area (Å²) in [4.78, 5) is 12.6. The molecule has 186 valence electrons. The molecular formula is C26H22F3N3O4. The molecule has 1 aromatic heterocycles. The van der Waals surface area contributed by atoms with Gasteiger partial charge in [-0.15, -0.1) is 0 Å². The van der Waals surface area contributed by atoms with Gasteiger partial charge in [-0.1, -0.05) is 36.4 Å². The van der Waals surface area contributed by atoms with Gasteiger partial charge in [-0.25, -0.2) is 4.98 Å². The Balaban J connectivity index is 1.70. The molecule has 0 saturated carbocycles. The Morgan fingerprint density at radius 3 is 2.14 bits per heavy atom. The molecule has 0 amide bonds. The lowest BCUT2D eigenvalue weighted by atomic mass is 10.0. The zero-order chi connectivity index (χ0) is 25.5. The van der Waals surface area contributed by atoms with Crippen LogP contribution in [0, 0.1) is 0 Å². The molecule has 0 fully saturated rings. The van der Waals surface area contributed by atoms with E-state index in [1.54, 1.807) is 24.3 Å². The number of aromatic nitrogens is 3. The van der Waals surface area contributed by atoms with Crippen molar-refractivity contribution in [3.05, 3.63) is 83.9 Å². The van der Waals surface area contributed by atoms with E-state index < -0.39 is 11.7 Å². The van der Waals surface area contributed by atoms with E-state index in [-0.39, 0.29) is 35.8 Å². The first kappa shape index (κ1) is 24.9. The van der Waals surface area contributed by atoms with Crippen molar-refractivity contribution in [3.8, 4) is 40.3 Å². The van der Waals surface area contributed by atoms with Crippen LogP contribution in [0.25, 0.3) is 22.8 Å². The smallest absolute Gasteiger partial charge is 0.417 e. The zero-order valence-corrected chi connectivity index (χ0v) is 19.5. The second-order valence-corrected chi connectivity index (χ2v) is 7.50. The molecule has 4 rings (SSSR count). The molecule has 0 bridgehead atoms. The molecule has 0 aliphatic rings. The quantitative estimate of drug-likeness (QED) is 0.271. The largest absolute Gasteiger partial charge is 0.489 e. The zero-order valence-electron chi connectivity index (χ0n) is 19.5. The van der Waals surface area contributed by atoms with E-state index in [1.807, 2.05) is 30.3 Å². The van der Waals surface area contributed by atoms with E-state index in [9.17, 15) is 13.2 Å². The van der Waals surface area contributed by atoms with Crippen molar-refractivity contribution in [2.24, 2.45) is 0 Å². The van der Waals surface area contributed by atoms with Gasteiger partial charge in [0.25, 0.3) is 0 Å². The number of ether oxygens (including phenoxy) is 4. The van der Waals surface area contributed by atoms with Gasteiger partial charge >= 0.3 is 12.2 Å². The number of halogens is 3. The van der Waals surface area contributed by atoms with E-state index >= 15 is 0 Å². The average molecular weight is 497 g/mol. The van der Waals surface area contributed by atoms with Gasteiger partial charge in [0.1, 0.15) is 18.1 Å². The lowest BCUT2D eigenvalue weighted by Crippen LogP contribution is -2.11.